The standard InChI is InChI=1S/C13H21Cl3N6O/c1-9(2)17-11-18-10(13(14,15)16)19-12(20-11)22-5-3-21(4-6-22)7-8-23/h9,23H,3-8H2,1-2H3,(H,17,18,19,20). The van der Waals surface area contributed by atoms with E-state index < -0.39 is 3.79 Å². The van der Waals surface area contributed by atoms with Gasteiger partial charge in [-0.25, -0.2) is 0 Å². The fourth-order valence-corrected chi connectivity index (χ4v) is 2.52. The van der Waals surface area contributed by atoms with Gasteiger partial charge >= 0.3 is 0 Å². The number of hydrogen-bond acceptors (Lipinski definition) is 7. The second-order valence-electron chi connectivity index (χ2n) is 5.63. The van der Waals surface area contributed by atoms with Crippen molar-refractivity contribution in [2.24, 2.45) is 0 Å². The molecule has 0 spiro atoms. The molecule has 0 radical (unpaired) electrons. The van der Waals surface area contributed by atoms with E-state index in [9.17, 15) is 0 Å². The first kappa shape index (κ1) is 18.7. The molecule has 0 saturated carbocycles. The Kier molecular flexibility index (Phi) is 6.50. The highest BCUT2D eigenvalue weighted by atomic mass is 35.6. The topological polar surface area (TPSA) is 77.4 Å². The molecule has 1 aliphatic heterocycles. The molecule has 2 N–H and O–H groups in total. The lowest BCUT2D eigenvalue weighted by molar-refractivity contribution is 0.188. The number of hydrogen-bond donors (Lipinski definition) is 2. The molecule has 0 atom stereocenters. The number of aromatic nitrogens is 3. The summed E-state index contributed by atoms with van der Waals surface area (Å²) in [7, 11) is 0. The lowest BCUT2D eigenvalue weighted by Gasteiger charge is -2.34. The van der Waals surface area contributed by atoms with Gasteiger partial charge in [-0.3, -0.25) is 4.90 Å². The second kappa shape index (κ2) is 7.98. The normalized spacial score (nSPS) is 16.9. The molecule has 2 heterocycles. The Morgan fingerprint density at radius 2 is 1.78 bits per heavy atom. The minimum absolute atomic E-state index is 0.105. The van der Waals surface area contributed by atoms with Gasteiger partial charge in [-0.1, -0.05) is 34.8 Å². The molecule has 2 rings (SSSR count). The van der Waals surface area contributed by atoms with E-state index in [1.165, 1.54) is 0 Å². The van der Waals surface area contributed by atoms with Crippen LogP contribution in [0.5, 0.6) is 0 Å². The van der Waals surface area contributed by atoms with Gasteiger partial charge in [0.1, 0.15) is 0 Å². The van der Waals surface area contributed by atoms with Gasteiger partial charge in [0.05, 0.1) is 6.61 Å². The zero-order chi connectivity index (χ0) is 17.0. The zero-order valence-electron chi connectivity index (χ0n) is 13.1. The third-order valence-electron chi connectivity index (χ3n) is 3.37. The van der Waals surface area contributed by atoms with Crippen LogP contribution in [0.15, 0.2) is 0 Å². The van der Waals surface area contributed by atoms with E-state index in [1.807, 2.05) is 18.7 Å². The Balaban J connectivity index is 2.20. The highest BCUT2D eigenvalue weighted by Gasteiger charge is 2.30. The molecule has 23 heavy (non-hydrogen) atoms. The first-order valence-electron chi connectivity index (χ1n) is 7.47. The van der Waals surface area contributed by atoms with Crippen LogP contribution in [0, 0.1) is 0 Å². The Labute approximate surface area is 151 Å². The summed E-state index contributed by atoms with van der Waals surface area (Å²) < 4.78 is -1.70. The van der Waals surface area contributed by atoms with Crippen LogP contribution in [-0.4, -0.2) is 70.3 Å². The molecule has 1 aromatic heterocycles. The highest BCUT2D eigenvalue weighted by Crippen LogP contribution is 2.36. The van der Waals surface area contributed by atoms with Gasteiger partial charge < -0.3 is 15.3 Å². The van der Waals surface area contributed by atoms with E-state index in [1.54, 1.807) is 0 Å². The van der Waals surface area contributed by atoms with Gasteiger partial charge in [0.2, 0.25) is 15.7 Å². The number of aliphatic hydroxyl groups excluding tert-OH is 1. The van der Waals surface area contributed by atoms with E-state index in [4.69, 9.17) is 39.9 Å². The van der Waals surface area contributed by atoms with E-state index in [0.717, 1.165) is 26.2 Å². The molecule has 1 aromatic rings. The van der Waals surface area contributed by atoms with E-state index in [2.05, 4.69) is 25.2 Å². The lowest BCUT2D eigenvalue weighted by atomic mass is 10.3. The molecule has 7 nitrogen and oxygen atoms in total. The SMILES string of the molecule is CC(C)Nc1nc(N2CCN(CCO)CC2)nc(C(Cl)(Cl)Cl)n1. The molecule has 0 aliphatic carbocycles. The predicted octanol–water partition coefficient (Wildman–Crippen LogP) is 1.63. The van der Waals surface area contributed by atoms with Crippen molar-refractivity contribution in [1.82, 2.24) is 19.9 Å². The second-order valence-corrected chi connectivity index (χ2v) is 7.91. The molecular weight excluding hydrogens is 363 g/mol. The summed E-state index contributed by atoms with van der Waals surface area (Å²) in [5.74, 6) is 0.991. The van der Waals surface area contributed by atoms with Gasteiger partial charge in [-0.15, -0.1) is 0 Å². The van der Waals surface area contributed by atoms with Crippen LogP contribution in [0.3, 0.4) is 0 Å². The third-order valence-corrected chi connectivity index (χ3v) is 3.87. The van der Waals surface area contributed by atoms with Crippen molar-refractivity contribution in [3.8, 4) is 0 Å². The Morgan fingerprint density at radius 3 is 2.30 bits per heavy atom. The van der Waals surface area contributed by atoms with Crippen molar-refractivity contribution in [1.29, 1.82) is 0 Å². The molecule has 0 unspecified atom stereocenters. The van der Waals surface area contributed by atoms with E-state index >= 15 is 0 Å². The van der Waals surface area contributed by atoms with Crippen LogP contribution in [-0.2, 0) is 3.79 Å². The lowest BCUT2D eigenvalue weighted by Crippen LogP contribution is -2.48. The number of aliphatic hydroxyl groups is 1. The van der Waals surface area contributed by atoms with Crippen molar-refractivity contribution in [3.63, 3.8) is 0 Å². The van der Waals surface area contributed by atoms with Gasteiger partial charge in [0.15, 0.2) is 5.82 Å². The Bertz CT molecular complexity index is 517. The summed E-state index contributed by atoms with van der Waals surface area (Å²) in [4.78, 5) is 17.1. The minimum atomic E-state index is -1.70. The molecule has 1 aliphatic rings. The average Bonchev–Trinajstić information content (AvgIpc) is 2.46. The van der Waals surface area contributed by atoms with Crippen molar-refractivity contribution < 1.29 is 5.11 Å². The van der Waals surface area contributed by atoms with Gasteiger partial charge in [0, 0.05) is 38.8 Å². The summed E-state index contributed by atoms with van der Waals surface area (Å²) in [6.45, 7) is 7.91. The number of rotatable bonds is 5. The van der Waals surface area contributed by atoms with Crippen LogP contribution in [0.1, 0.15) is 19.7 Å². The Hall–Kier alpha value is -0.600. The number of alkyl halides is 3. The van der Waals surface area contributed by atoms with Crippen LogP contribution >= 0.6 is 34.8 Å². The van der Waals surface area contributed by atoms with Crippen LogP contribution < -0.4 is 10.2 Å². The van der Waals surface area contributed by atoms with Crippen molar-refractivity contribution >= 4 is 46.7 Å². The first-order chi connectivity index (χ1) is 10.8. The van der Waals surface area contributed by atoms with Crippen LogP contribution in [0.4, 0.5) is 11.9 Å². The monoisotopic (exact) mass is 382 g/mol. The van der Waals surface area contributed by atoms with Crippen LogP contribution in [0.2, 0.25) is 0 Å². The fraction of sp³-hybridized carbons (Fsp3) is 0.769. The molecular formula is C13H21Cl3N6O. The summed E-state index contributed by atoms with van der Waals surface area (Å²) in [5, 5.41) is 12.1. The Morgan fingerprint density at radius 1 is 1.13 bits per heavy atom. The zero-order valence-corrected chi connectivity index (χ0v) is 15.4. The van der Waals surface area contributed by atoms with E-state index in [-0.39, 0.29) is 18.5 Å². The summed E-state index contributed by atoms with van der Waals surface area (Å²) in [5.41, 5.74) is 0. The maximum Gasteiger partial charge on any atom is 0.250 e. The number of piperazine rings is 1. The van der Waals surface area contributed by atoms with Gasteiger partial charge in [-0.2, -0.15) is 15.0 Å². The average molecular weight is 384 g/mol. The summed E-state index contributed by atoms with van der Waals surface area (Å²) in [6, 6.07) is 0.148. The third kappa shape index (κ3) is 5.46. The molecule has 0 bridgehead atoms. The number of β-amino-alcohol motifs (C(OH)–C–C–N with tert-alkyl or cyclic N) is 1. The number of halogens is 3. The molecule has 130 valence electrons. The van der Waals surface area contributed by atoms with Gasteiger partial charge in [0.25, 0.3) is 0 Å². The van der Waals surface area contributed by atoms with Crippen LogP contribution in [0.25, 0.3) is 0 Å². The maximum absolute atomic E-state index is 9.01. The number of anilines is 2. The number of nitrogens with zero attached hydrogens (tertiary/aromatic N) is 5. The van der Waals surface area contributed by atoms with Gasteiger partial charge in [-0.05, 0) is 13.8 Å². The van der Waals surface area contributed by atoms with Crippen molar-refractivity contribution in [2.45, 2.75) is 23.7 Å². The molecule has 1 saturated heterocycles. The summed E-state index contributed by atoms with van der Waals surface area (Å²) >= 11 is 17.8. The molecule has 1 fully saturated rings. The van der Waals surface area contributed by atoms with E-state index in [0.29, 0.717) is 18.4 Å². The van der Waals surface area contributed by atoms with Crippen molar-refractivity contribution in [3.05, 3.63) is 5.82 Å². The quantitative estimate of drug-likeness (QED) is 0.748. The molecule has 0 amide bonds. The first-order valence-corrected chi connectivity index (χ1v) is 8.61. The highest BCUT2D eigenvalue weighted by molar-refractivity contribution is 6.66. The summed E-state index contributed by atoms with van der Waals surface area (Å²) in [6.07, 6.45) is 0. The number of nitrogens with one attached hydrogen (secondary N) is 1. The smallest absolute Gasteiger partial charge is 0.250 e. The predicted molar refractivity (Wildman–Crippen MR) is 93.6 cm³/mol. The minimum Gasteiger partial charge on any atom is -0.395 e. The fourth-order valence-electron chi connectivity index (χ4n) is 2.27. The molecule has 10 heteroatoms. The largest absolute Gasteiger partial charge is 0.395 e. The maximum atomic E-state index is 9.01. The molecule has 0 aromatic carbocycles. The van der Waals surface area contributed by atoms with Crippen molar-refractivity contribution in [2.75, 3.05) is 49.5 Å².